The first-order valence-electron chi connectivity index (χ1n) is 8.23. The van der Waals surface area contributed by atoms with Gasteiger partial charge in [-0.3, -0.25) is 9.59 Å². The van der Waals surface area contributed by atoms with Gasteiger partial charge in [-0.25, -0.2) is 17.8 Å². The van der Waals surface area contributed by atoms with Gasteiger partial charge in [0.2, 0.25) is 10.0 Å². The van der Waals surface area contributed by atoms with Crippen molar-refractivity contribution in [3.8, 4) is 0 Å². The number of nitrogens with one attached hydrogen (secondary N) is 1. The Morgan fingerprint density at radius 2 is 1.96 bits per heavy atom. The molecule has 4 rings (SSSR count). The second kappa shape index (κ2) is 5.15. The fourth-order valence-corrected chi connectivity index (χ4v) is 4.43. The number of Topliss-reactive ketones (excluding diaryl/α,β-unsaturated/α-hetero) is 1. The molecule has 2 fully saturated rings. The molecule has 1 aromatic heterocycles. The van der Waals surface area contributed by atoms with Gasteiger partial charge < -0.3 is 5.84 Å². The number of carbonyl (C=O) groups is 1. The van der Waals surface area contributed by atoms with Gasteiger partial charge in [-0.1, -0.05) is 6.07 Å². The number of aromatic nitrogens is 1. The molecule has 0 unspecified atom stereocenters. The molecule has 0 spiro atoms. The van der Waals surface area contributed by atoms with E-state index in [0.717, 1.165) is 30.4 Å². The van der Waals surface area contributed by atoms with Gasteiger partial charge in [0, 0.05) is 23.2 Å². The number of pyridine rings is 1. The SMILES string of the molecule is CC1(NS(=O)(=O)c2ccc3c(C(=O)C4CC4)cn(N)c(=O)c3c2)CC1. The summed E-state index contributed by atoms with van der Waals surface area (Å²) < 4.78 is 28.6. The molecule has 2 aliphatic rings. The van der Waals surface area contributed by atoms with Gasteiger partial charge in [-0.15, -0.1) is 0 Å². The minimum Gasteiger partial charge on any atom is -0.336 e. The fraction of sp³-hybridized carbons (Fsp3) is 0.412. The summed E-state index contributed by atoms with van der Waals surface area (Å²) in [6.07, 6.45) is 4.58. The highest BCUT2D eigenvalue weighted by molar-refractivity contribution is 7.89. The Hall–Kier alpha value is -2.19. The summed E-state index contributed by atoms with van der Waals surface area (Å²) in [5.74, 6) is 5.62. The number of hydrogen-bond donors (Lipinski definition) is 2. The van der Waals surface area contributed by atoms with Gasteiger partial charge >= 0.3 is 0 Å². The van der Waals surface area contributed by atoms with E-state index < -0.39 is 21.1 Å². The summed E-state index contributed by atoms with van der Waals surface area (Å²) in [6.45, 7) is 1.84. The van der Waals surface area contributed by atoms with E-state index in [-0.39, 0.29) is 22.0 Å². The smallest absolute Gasteiger partial charge is 0.276 e. The van der Waals surface area contributed by atoms with Crippen molar-refractivity contribution in [1.29, 1.82) is 0 Å². The average molecular weight is 361 g/mol. The molecule has 0 amide bonds. The summed E-state index contributed by atoms with van der Waals surface area (Å²) >= 11 is 0. The van der Waals surface area contributed by atoms with Crippen LogP contribution in [0, 0.1) is 5.92 Å². The first kappa shape index (κ1) is 16.3. The van der Waals surface area contributed by atoms with E-state index >= 15 is 0 Å². The van der Waals surface area contributed by atoms with Crippen LogP contribution in [0.15, 0.2) is 34.1 Å². The number of ketones is 1. The summed E-state index contributed by atoms with van der Waals surface area (Å²) in [5, 5.41) is 0.581. The van der Waals surface area contributed by atoms with Gasteiger partial charge in [-0.05, 0) is 50.1 Å². The predicted octanol–water partition coefficient (Wildman–Crippen LogP) is 1.14. The molecule has 0 saturated heterocycles. The Morgan fingerprint density at radius 1 is 1.28 bits per heavy atom. The lowest BCUT2D eigenvalue weighted by Gasteiger charge is -2.13. The Morgan fingerprint density at radius 3 is 2.56 bits per heavy atom. The van der Waals surface area contributed by atoms with Crippen LogP contribution in [0.2, 0.25) is 0 Å². The van der Waals surface area contributed by atoms with Crippen molar-refractivity contribution < 1.29 is 13.2 Å². The monoisotopic (exact) mass is 361 g/mol. The van der Waals surface area contributed by atoms with E-state index in [1.807, 2.05) is 6.92 Å². The van der Waals surface area contributed by atoms with E-state index in [9.17, 15) is 18.0 Å². The number of nitrogens with zero attached hydrogens (tertiary/aromatic N) is 1. The largest absolute Gasteiger partial charge is 0.336 e. The maximum absolute atomic E-state index is 12.5. The molecule has 2 saturated carbocycles. The lowest BCUT2D eigenvalue weighted by molar-refractivity contribution is 0.0968. The molecule has 2 aliphatic carbocycles. The summed E-state index contributed by atoms with van der Waals surface area (Å²) in [6, 6.07) is 4.26. The lowest BCUT2D eigenvalue weighted by Crippen LogP contribution is -2.34. The van der Waals surface area contributed by atoms with E-state index in [4.69, 9.17) is 5.84 Å². The van der Waals surface area contributed by atoms with Crippen molar-refractivity contribution in [2.45, 2.75) is 43.0 Å². The molecule has 0 aliphatic heterocycles. The molecular formula is C17H19N3O4S. The van der Waals surface area contributed by atoms with Gasteiger partial charge in [0.25, 0.3) is 5.56 Å². The Kier molecular flexibility index (Phi) is 3.36. The van der Waals surface area contributed by atoms with Crippen LogP contribution in [-0.2, 0) is 10.0 Å². The molecule has 2 aromatic rings. The second-order valence-electron chi connectivity index (χ2n) is 7.27. The molecule has 132 valence electrons. The molecule has 8 heteroatoms. The van der Waals surface area contributed by atoms with E-state index in [1.165, 1.54) is 24.4 Å². The first-order valence-corrected chi connectivity index (χ1v) is 9.71. The van der Waals surface area contributed by atoms with Crippen LogP contribution in [-0.4, -0.2) is 24.4 Å². The van der Waals surface area contributed by atoms with Crippen LogP contribution in [0.25, 0.3) is 10.8 Å². The van der Waals surface area contributed by atoms with Crippen molar-refractivity contribution in [3.63, 3.8) is 0 Å². The standard InChI is InChI=1S/C17H19N3O4S/c1-17(6-7-17)19-25(23,24)11-4-5-12-13(8-11)16(22)20(18)9-14(12)15(21)10-2-3-10/h4-5,8-10,19H,2-3,6-7,18H2,1H3. The summed E-state index contributed by atoms with van der Waals surface area (Å²) in [7, 11) is -3.74. The van der Waals surface area contributed by atoms with Gasteiger partial charge in [0.1, 0.15) is 0 Å². The number of nitrogen functional groups attached to an aromatic ring is 1. The number of carbonyl (C=O) groups excluding carboxylic acids is 1. The zero-order valence-corrected chi connectivity index (χ0v) is 14.6. The molecule has 0 radical (unpaired) electrons. The number of benzene rings is 1. The lowest BCUT2D eigenvalue weighted by atomic mass is 10.0. The van der Waals surface area contributed by atoms with Crippen molar-refractivity contribution in [2.75, 3.05) is 5.84 Å². The highest BCUT2D eigenvalue weighted by atomic mass is 32.2. The molecule has 0 atom stereocenters. The zero-order valence-electron chi connectivity index (χ0n) is 13.8. The van der Waals surface area contributed by atoms with Crippen LogP contribution in [0.3, 0.4) is 0 Å². The normalized spacial score (nSPS) is 19.1. The Balaban J connectivity index is 1.86. The molecular weight excluding hydrogens is 342 g/mol. The van der Waals surface area contributed by atoms with E-state index in [2.05, 4.69) is 4.72 Å². The van der Waals surface area contributed by atoms with Crippen molar-refractivity contribution in [3.05, 3.63) is 40.3 Å². The molecule has 7 nitrogen and oxygen atoms in total. The summed E-state index contributed by atoms with van der Waals surface area (Å²) in [5.41, 5.74) is -0.575. The van der Waals surface area contributed by atoms with Crippen LogP contribution in [0.1, 0.15) is 43.0 Å². The number of rotatable bonds is 5. The van der Waals surface area contributed by atoms with Gasteiger partial charge in [-0.2, -0.15) is 0 Å². The van der Waals surface area contributed by atoms with Crippen LogP contribution >= 0.6 is 0 Å². The average Bonchev–Trinajstić information content (AvgIpc) is 3.47. The van der Waals surface area contributed by atoms with Crippen molar-refractivity contribution >= 4 is 26.6 Å². The molecule has 0 bridgehead atoms. The fourth-order valence-electron chi connectivity index (χ4n) is 2.94. The molecule has 1 aromatic carbocycles. The molecule has 1 heterocycles. The molecule has 25 heavy (non-hydrogen) atoms. The number of nitrogens with two attached hydrogens (primary N) is 1. The van der Waals surface area contributed by atoms with Crippen molar-refractivity contribution in [2.24, 2.45) is 5.92 Å². The third-order valence-corrected chi connectivity index (χ3v) is 6.56. The Labute approximate surface area is 144 Å². The van der Waals surface area contributed by atoms with Crippen LogP contribution < -0.4 is 16.1 Å². The Bertz CT molecular complexity index is 1060. The van der Waals surface area contributed by atoms with Gasteiger partial charge in [0.15, 0.2) is 5.78 Å². The van der Waals surface area contributed by atoms with Crippen LogP contribution in [0.4, 0.5) is 0 Å². The number of sulfonamides is 1. The highest BCUT2D eigenvalue weighted by Crippen LogP contribution is 2.37. The van der Waals surface area contributed by atoms with Gasteiger partial charge in [0.05, 0.1) is 10.3 Å². The maximum Gasteiger partial charge on any atom is 0.276 e. The quantitative estimate of drug-likeness (QED) is 0.613. The van der Waals surface area contributed by atoms with E-state index in [0.29, 0.717) is 10.9 Å². The third kappa shape index (κ3) is 2.85. The highest BCUT2D eigenvalue weighted by Gasteiger charge is 2.41. The molecule has 3 N–H and O–H groups in total. The number of fused-ring (bicyclic) bond motifs is 1. The topological polar surface area (TPSA) is 111 Å². The minimum atomic E-state index is -3.74. The van der Waals surface area contributed by atoms with Crippen LogP contribution in [0.5, 0.6) is 0 Å². The van der Waals surface area contributed by atoms with Crippen molar-refractivity contribution in [1.82, 2.24) is 9.40 Å². The summed E-state index contributed by atoms with van der Waals surface area (Å²) in [4.78, 5) is 24.8. The minimum absolute atomic E-state index is 0.00115. The predicted molar refractivity (Wildman–Crippen MR) is 93.4 cm³/mol. The zero-order chi connectivity index (χ0) is 18.0. The second-order valence-corrected chi connectivity index (χ2v) is 8.95. The maximum atomic E-state index is 12.5. The first-order chi connectivity index (χ1) is 11.7. The van der Waals surface area contributed by atoms with E-state index in [1.54, 1.807) is 0 Å². The number of hydrogen-bond acceptors (Lipinski definition) is 5. The third-order valence-electron chi connectivity index (χ3n) is 4.92.